The zero-order valence-corrected chi connectivity index (χ0v) is 9.99. The molecule has 1 saturated carbocycles. The van der Waals surface area contributed by atoms with E-state index in [1.54, 1.807) is 0 Å². The van der Waals surface area contributed by atoms with Gasteiger partial charge in [-0.2, -0.15) is 0 Å². The fraction of sp³-hybridized carbons (Fsp3) is 0.571. The maximum absolute atomic E-state index is 6.14. The molecule has 0 radical (unpaired) electrons. The van der Waals surface area contributed by atoms with Gasteiger partial charge in [-0.15, -0.1) is 0 Å². The summed E-state index contributed by atoms with van der Waals surface area (Å²) in [4.78, 5) is 0. The number of rotatable bonds is 4. The van der Waals surface area contributed by atoms with Crippen molar-refractivity contribution in [3.8, 4) is 5.75 Å². The summed E-state index contributed by atoms with van der Waals surface area (Å²) in [6.45, 7) is 2.72. The SMILES string of the molecule is Cc1cccc(OCC(N)C2CCCC2)c1. The lowest BCUT2D eigenvalue weighted by molar-refractivity contribution is 0.247. The third-order valence-corrected chi connectivity index (χ3v) is 3.44. The van der Waals surface area contributed by atoms with E-state index in [1.165, 1.54) is 31.2 Å². The zero-order valence-electron chi connectivity index (χ0n) is 9.99. The van der Waals surface area contributed by atoms with Crippen LogP contribution in [0.4, 0.5) is 0 Å². The lowest BCUT2D eigenvalue weighted by Gasteiger charge is -2.19. The van der Waals surface area contributed by atoms with Crippen LogP contribution in [-0.2, 0) is 0 Å². The average Bonchev–Trinajstić information content (AvgIpc) is 2.79. The largest absolute Gasteiger partial charge is 0.492 e. The normalized spacial score (nSPS) is 18.6. The molecule has 0 saturated heterocycles. The molecule has 1 atom stereocenters. The second kappa shape index (κ2) is 5.35. The van der Waals surface area contributed by atoms with Crippen molar-refractivity contribution in [2.75, 3.05) is 6.61 Å². The molecule has 2 N–H and O–H groups in total. The highest BCUT2D eigenvalue weighted by molar-refractivity contribution is 5.27. The van der Waals surface area contributed by atoms with Crippen LogP contribution in [0.25, 0.3) is 0 Å². The number of benzene rings is 1. The van der Waals surface area contributed by atoms with E-state index in [4.69, 9.17) is 10.5 Å². The highest BCUT2D eigenvalue weighted by Crippen LogP contribution is 2.27. The third kappa shape index (κ3) is 2.99. The van der Waals surface area contributed by atoms with Gasteiger partial charge in [0.25, 0.3) is 0 Å². The molecule has 1 aromatic rings. The van der Waals surface area contributed by atoms with Crippen LogP contribution in [0.15, 0.2) is 24.3 Å². The van der Waals surface area contributed by atoms with Crippen molar-refractivity contribution in [2.24, 2.45) is 11.7 Å². The Morgan fingerprint density at radius 3 is 2.81 bits per heavy atom. The first-order chi connectivity index (χ1) is 7.75. The second-order valence-corrected chi connectivity index (χ2v) is 4.84. The molecule has 0 aliphatic heterocycles. The molecule has 1 aliphatic carbocycles. The van der Waals surface area contributed by atoms with Gasteiger partial charge in [0.2, 0.25) is 0 Å². The molecule has 0 spiro atoms. The quantitative estimate of drug-likeness (QED) is 0.845. The summed E-state index contributed by atoms with van der Waals surface area (Å²) < 4.78 is 5.74. The van der Waals surface area contributed by atoms with Crippen LogP contribution >= 0.6 is 0 Å². The smallest absolute Gasteiger partial charge is 0.119 e. The van der Waals surface area contributed by atoms with Crippen LogP contribution in [0.3, 0.4) is 0 Å². The molecule has 1 fully saturated rings. The summed E-state index contributed by atoms with van der Waals surface area (Å²) in [5.74, 6) is 1.61. The molecule has 1 aliphatic rings. The monoisotopic (exact) mass is 219 g/mol. The molecule has 0 amide bonds. The Bertz CT molecular complexity index is 331. The molecular formula is C14H21NO. The molecule has 88 valence electrons. The van der Waals surface area contributed by atoms with E-state index in [2.05, 4.69) is 19.1 Å². The van der Waals surface area contributed by atoms with E-state index in [1.807, 2.05) is 12.1 Å². The Hall–Kier alpha value is -1.02. The fourth-order valence-corrected chi connectivity index (χ4v) is 2.42. The highest BCUT2D eigenvalue weighted by Gasteiger charge is 2.22. The maximum Gasteiger partial charge on any atom is 0.119 e. The topological polar surface area (TPSA) is 35.2 Å². The van der Waals surface area contributed by atoms with E-state index >= 15 is 0 Å². The van der Waals surface area contributed by atoms with E-state index in [9.17, 15) is 0 Å². The van der Waals surface area contributed by atoms with E-state index in [0.29, 0.717) is 12.5 Å². The van der Waals surface area contributed by atoms with Crippen LogP contribution in [0.1, 0.15) is 31.2 Å². The van der Waals surface area contributed by atoms with E-state index in [-0.39, 0.29) is 6.04 Å². The van der Waals surface area contributed by atoms with Crippen LogP contribution in [0.5, 0.6) is 5.75 Å². The van der Waals surface area contributed by atoms with Gasteiger partial charge in [0, 0.05) is 6.04 Å². The number of hydrogen-bond donors (Lipinski definition) is 1. The summed E-state index contributed by atoms with van der Waals surface area (Å²) >= 11 is 0. The van der Waals surface area contributed by atoms with Crippen molar-refractivity contribution in [1.82, 2.24) is 0 Å². The molecule has 2 rings (SSSR count). The standard InChI is InChI=1S/C14H21NO/c1-11-5-4-8-13(9-11)16-10-14(15)12-6-2-3-7-12/h4-5,8-9,12,14H,2-3,6-7,10,15H2,1H3. The molecule has 0 bridgehead atoms. The number of aryl methyl sites for hydroxylation is 1. The highest BCUT2D eigenvalue weighted by atomic mass is 16.5. The summed E-state index contributed by atoms with van der Waals surface area (Å²) in [6.07, 6.45) is 5.22. The predicted molar refractivity (Wildman–Crippen MR) is 66.6 cm³/mol. The zero-order chi connectivity index (χ0) is 11.4. The first kappa shape index (κ1) is 11.5. The molecule has 2 heteroatoms. The number of nitrogens with two attached hydrogens (primary N) is 1. The van der Waals surface area contributed by atoms with Crippen LogP contribution < -0.4 is 10.5 Å². The minimum Gasteiger partial charge on any atom is -0.492 e. The van der Waals surface area contributed by atoms with Gasteiger partial charge in [0.05, 0.1) is 0 Å². The van der Waals surface area contributed by atoms with Gasteiger partial charge >= 0.3 is 0 Å². The Morgan fingerprint density at radius 1 is 1.38 bits per heavy atom. The van der Waals surface area contributed by atoms with Gasteiger partial charge in [-0.1, -0.05) is 25.0 Å². The summed E-state index contributed by atoms with van der Waals surface area (Å²) in [7, 11) is 0. The molecule has 1 aromatic carbocycles. The molecule has 2 nitrogen and oxygen atoms in total. The van der Waals surface area contributed by atoms with Crippen molar-refractivity contribution in [3.05, 3.63) is 29.8 Å². The average molecular weight is 219 g/mol. The fourth-order valence-electron chi connectivity index (χ4n) is 2.42. The Morgan fingerprint density at radius 2 is 2.12 bits per heavy atom. The Balaban J connectivity index is 1.82. The number of hydrogen-bond acceptors (Lipinski definition) is 2. The van der Waals surface area contributed by atoms with Crippen LogP contribution in [0.2, 0.25) is 0 Å². The lowest BCUT2D eigenvalue weighted by Crippen LogP contribution is -2.34. The van der Waals surface area contributed by atoms with Crippen molar-refractivity contribution < 1.29 is 4.74 Å². The first-order valence-electron chi connectivity index (χ1n) is 6.21. The maximum atomic E-state index is 6.14. The van der Waals surface area contributed by atoms with Crippen molar-refractivity contribution in [1.29, 1.82) is 0 Å². The van der Waals surface area contributed by atoms with Gasteiger partial charge in [-0.25, -0.2) is 0 Å². The first-order valence-corrected chi connectivity index (χ1v) is 6.21. The van der Waals surface area contributed by atoms with Gasteiger partial charge in [-0.05, 0) is 43.4 Å². The van der Waals surface area contributed by atoms with Crippen molar-refractivity contribution >= 4 is 0 Å². The van der Waals surface area contributed by atoms with Gasteiger partial charge in [-0.3, -0.25) is 0 Å². The van der Waals surface area contributed by atoms with Crippen LogP contribution in [0, 0.1) is 12.8 Å². The van der Waals surface area contributed by atoms with E-state index < -0.39 is 0 Å². The molecule has 0 heterocycles. The Kier molecular flexibility index (Phi) is 3.83. The summed E-state index contributed by atoms with van der Waals surface area (Å²) in [5, 5.41) is 0. The lowest BCUT2D eigenvalue weighted by atomic mass is 10.00. The van der Waals surface area contributed by atoms with Gasteiger partial charge < -0.3 is 10.5 Å². The molecule has 1 unspecified atom stereocenters. The predicted octanol–water partition coefficient (Wildman–Crippen LogP) is 2.89. The molecule has 0 aromatic heterocycles. The van der Waals surface area contributed by atoms with Gasteiger partial charge in [0.15, 0.2) is 0 Å². The minimum atomic E-state index is 0.197. The number of ether oxygens (including phenoxy) is 1. The summed E-state index contributed by atoms with van der Waals surface area (Å²) in [6, 6.07) is 8.34. The van der Waals surface area contributed by atoms with Crippen molar-refractivity contribution in [3.63, 3.8) is 0 Å². The van der Waals surface area contributed by atoms with Gasteiger partial charge in [0.1, 0.15) is 12.4 Å². The van der Waals surface area contributed by atoms with E-state index in [0.717, 1.165) is 5.75 Å². The molecular weight excluding hydrogens is 198 g/mol. The van der Waals surface area contributed by atoms with Crippen LogP contribution in [-0.4, -0.2) is 12.6 Å². The summed E-state index contributed by atoms with van der Waals surface area (Å²) in [5.41, 5.74) is 7.37. The second-order valence-electron chi connectivity index (χ2n) is 4.84. The molecule has 16 heavy (non-hydrogen) atoms. The minimum absolute atomic E-state index is 0.197. The Labute approximate surface area is 97.8 Å². The van der Waals surface area contributed by atoms with Crippen molar-refractivity contribution in [2.45, 2.75) is 38.6 Å². The third-order valence-electron chi connectivity index (χ3n) is 3.44.